The summed E-state index contributed by atoms with van der Waals surface area (Å²) in [5.41, 5.74) is 2.30. The van der Waals surface area contributed by atoms with Gasteiger partial charge in [0, 0.05) is 30.1 Å². The lowest BCUT2D eigenvalue weighted by molar-refractivity contribution is 0.0262. The third-order valence-corrected chi connectivity index (χ3v) is 3.27. The minimum absolute atomic E-state index is 0.0688. The minimum atomic E-state index is 0.0688. The monoisotopic (exact) mass is 239 g/mol. The van der Waals surface area contributed by atoms with Crippen LogP contribution in [-0.4, -0.2) is 26.3 Å². The molecule has 4 heteroatoms. The van der Waals surface area contributed by atoms with E-state index in [2.05, 4.69) is 5.32 Å². The molecule has 0 aliphatic carbocycles. The maximum atomic E-state index is 6.12. The Bertz CT molecular complexity index is 402. The highest BCUT2D eigenvalue weighted by Gasteiger charge is 2.25. The Kier molecular flexibility index (Phi) is 2.75. The van der Waals surface area contributed by atoms with Crippen LogP contribution in [0.2, 0.25) is 5.02 Å². The summed E-state index contributed by atoms with van der Waals surface area (Å²) in [5, 5.41) is 4.09. The molecule has 1 saturated heterocycles. The second-order valence-electron chi connectivity index (χ2n) is 4.15. The first-order chi connectivity index (χ1) is 7.84. The average molecular weight is 240 g/mol. The molecule has 1 atom stereocenters. The van der Waals surface area contributed by atoms with Crippen LogP contribution in [0.1, 0.15) is 17.2 Å². The van der Waals surface area contributed by atoms with Crippen molar-refractivity contribution < 1.29 is 9.47 Å². The van der Waals surface area contributed by atoms with Crippen molar-refractivity contribution in [2.45, 2.75) is 12.5 Å². The Balaban J connectivity index is 1.99. The molecule has 0 saturated carbocycles. The lowest BCUT2D eigenvalue weighted by Crippen LogP contribution is -2.33. The van der Waals surface area contributed by atoms with Gasteiger partial charge in [-0.15, -0.1) is 0 Å². The smallest absolute Gasteiger partial charge is 0.128 e. The zero-order valence-corrected chi connectivity index (χ0v) is 9.72. The lowest BCUT2D eigenvalue weighted by Gasteiger charge is -2.25. The number of halogens is 1. The molecule has 2 aliphatic rings. The van der Waals surface area contributed by atoms with E-state index in [1.807, 2.05) is 12.1 Å². The summed E-state index contributed by atoms with van der Waals surface area (Å²) < 4.78 is 11.4. The molecule has 0 amide bonds. The number of morpholine rings is 1. The van der Waals surface area contributed by atoms with Crippen molar-refractivity contribution in [3.63, 3.8) is 0 Å². The summed E-state index contributed by atoms with van der Waals surface area (Å²) in [6.07, 6.45) is 1.02. The number of ether oxygens (including phenoxy) is 2. The highest BCUT2D eigenvalue weighted by atomic mass is 35.5. The van der Waals surface area contributed by atoms with Crippen molar-refractivity contribution in [1.82, 2.24) is 5.32 Å². The zero-order chi connectivity index (χ0) is 11.0. The molecule has 2 aliphatic heterocycles. The molecule has 16 heavy (non-hydrogen) atoms. The fourth-order valence-electron chi connectivity index (χ4n) is 2.30. The molecular weight excluding hydrogens is 226 g/mol. The summed E-state index contributed by atoms with van der Waals surface area (Å²) in [7, 11) is 0. The molecule has 0 aromatic heterocycles. The maximum absolute atomic E-state index is 6.12. The normalized spacial score (nSPS) is 23.9. The van der Waals surface area contributed by atoms with Gasteiger partial charge in [0.15, 0.2) is 0 Å². The number of benzene rings is 1. The van der Waals surface area contributed by atoms with Crippen LogP contribution in [0.15, 0.2) is 12.1 Å². The van der Waals surface area contributed by atoms with Crippen LogP contribution in [0.25, 0.3) is 0 Å². The summed E-state index contributed by atoms with van der Waals surface area (Å²) in [5.74, 6) is 0.984. The van der Waals surface area contributed by atoms with Gasteiger partial charge in [-0.1, -0.05) is 11.6 Å². The standard InChI is InChI=1S/C12H14ClNO2/c13-9-5-8-1-3-16-12(8)10(6-9)11-7-14-2-4-15-11/h5-6,11,14H,1-4,7H2. The van der Waals surface area contributed by atoms with Gasteiger partial charge in [0.25, 0.3) is 0 Å². The molecule has 86 valence electrons. The van der Waals surface area contributed by atoms with E-state index in [1.54, 1.807) is 0 Å². The number of hydrogen-bond donors (Lipinski definition) is 1. The van der Waals surface area contributed by atoms with E-state index in [4.69, 9.17) is 21.1 Å². The van der Waals surface area contributed by atoms with Gasteiger partial charge < -0.3 is 14.8 Å². The molecule has 1 N–H and O–H groups in total. The fraction of sp³-hybridized carbons (Fsp3) is 0.500. The van der Waals surface area contributed by atoms with Gasteiger partial charge in [0.05, 0.1) is 19.3 Å². The Morgan fingerprint density at radius 3 is 3.06 bits per heavy atom. The molecule has 1 aromatic rings. The first kappa shape index (κ1) is 10.4. The van der Waals surface area contributed by atoms with Crippen molar-refractivity contribution in [3.05, 3.63) is 28.3 Å². The number of rotatable bonds is 1. The first-order valence-electron chi connectivity index (χ1n) is 5.62. The molecule has 0 spiro atoms. The van der Waals surface area contributed by atoms with Crippen molar-refractivity contribution in [1.29, 1.82) is 0 Å². The molecule has 1 aromatic carbocycles. The second-order valence-corrected chi connectivity index (χ2v) is 4.58. The number of fused-ring (bicyclic) bond motifs is 1. The topological polar surface area (TPSA) is 30.5 Å². The van der Waals surface area contributed by atoms with E-state index in [-0.39, 0.29) is 6.10 Å². The predicted molar refractivity (Wildman–Crippen MR) is 62.2 cm³/mol. The first-order valence-corrected chi connectivity index (χ1v) is 6.00. The molecule has 3 nitrogen and oxygen atoms in total. The van der Waals surface area contributed by atoms with Crippen LogP contribution in [0.3, 0.4) is 0 Å². The predicted octanol–water partition coefficient (Wildman–Crippen LogP) is 1.94. The van der Waals surface area contributed by atoms with Crippen LogP contribution in [0, 0.1) is 0 Å². The van der Waals surface area contributed by atoms with E-state index in [1.165, 1.54) is 5.56 Å². The third-order valence-electron chi connectivity index (χ3n) is 3.05. The molecule has 2 heterocycles. The van der Waals surface area contributed by atoms with Gasteiger partial charge in [-0.05, 0) is 17.7 Å². The van der Waals surface area contributed by atoms with E-state index in [0.717, 1.165) is 49.1 Å². The lowest BCUT2D eigenvalue weighted by atomic mass is 10.0. The maximum Gasteiger partial charge on any atom is 0.128 e. The molecule has 0 bridgehead atoms. The SMILES string of the molecule is Clc1cc2c(c(C3CNCCO3)c1)OCC2. The van der Waals surface area contributed by atoms with Gasteiger partial charge in [-0.3, -0.25) is 0 Å². The average Bonchev–Trinajstić information content (AvgIpc) is 2.77. The fourth-order valence-corrected chi connectivity index (χ4v) is 2.55. The van der Waals surface area contributed by atoms with Gasteiger partial charge in [0.2, 0.25) is 0 Å². The van der Waals surface area contributed by atoms with Gasteiger partial charge in [0.1, 0.15) is 5.75 Å². The van der Waals surface area contributed by atoms with Gasteiger partial charge >= 0.3 is 0 Å². The van der Waals surface area contributed by atoms with Crippen LogP contribution in [-0.2, 0) is 11.2 Å². The van der Waals surface area contributed by atoms with Crippen molar-refractivity contribution >= 4 is 11.6 Å². The Morgan fingerprint density at radius 1 is 1.31 bits per heavy atom. The summed E-state index contributed by atoms with van der Waals surface area (Å²) in [6, 6.07) is 3.95. The van der Waals surface area contributed by atoms with Crippen LogP contribution >= 0.6 is 11.6 Å². The van der Waals surface area contributed by atoms with Gasteiger partial charge in [-0.2, -0.15) is 0 Å². The van der Waals surface area contributed by atoms with E-state index in [9.17, 15) is 0 Å². The molecule has 1 unspecified atom stereocenters. The Hall–Kier alpha value is -0.770. The molecule has 1 fully saturated rings. The van der Waals surface area contributed by atoms with E-state index >= 15 is 0 Å². The summed E-state index contributed by atoms with van der Waals surface area (Å²) in [6.45, 7) is 3.24. The third kappa shape index (κ3) is 1.79. The molecule has 0 radical (unpaired) electrons. The van der Waals surface area contributed by atoms with Crippen molar-refractivity contribution in [3.8, 4) is 5.75 Å². The molecular formula is C12H14ClNO2. The largest absolute Gasteiger partial charge is 0.493 e. The van der Waals surface area contributed by atoms with E-state index in [0.29, 0.717) is 0 Å². The van der Waals surface area contributed by atoms with Crippen LogP contribution in [0.5, 0.6) is 5.75 Å². The second kappa shape index (κ2) is 4.24. The Labute approximate surface area is 99.7 Å². The van der Waals surface area contributed by atoms with Crippen LogP contribution in [0.4, 0.5) is 0 Å². The molecule has 3 rings (SSSR count). The number of nitrogens with one attached hydrogen (secondary N) is 1. The van der Waals surface area contributed by atoms with Crippen LogP contribution < -0.4 is 10.1 Å². The van der Waals surface area contributed by atoms with Crippen molar-refractivity contribution in [2.75, 3.05) is 26.3 Å². The van der Waals surface area contributed by atoms with Crippen molar-refractivity contribution in [2.24, 2.45) is 0 Å². The summed E-state index contributed by atoms with van der Waals surface area (Å²) in [4.78, 5) is 0. The highest BCUT2D eigenvalue weighted by molar-refractivity contribution is 6.30. The zero-order valence-electron chi connectivity index (χ0n) is 8.96. The highest BCUT2D eigenvalue weighted by Crippen LogP contribution is 2.37. The quantitative estimate of drug-likeness (QED) is 0.813. The van der Waals surface area contributed by atoms with E-state index < -0.39 is 0 Å². The minimum Gasteiger partial charge on any atom is -0.493 e. The van der Waals surface area contributed by atoms with Gasteiger partial charge in [-0.25, -0.2) is 0 Å². The summed E-state index contributed by atoms with van der Waals surface area (Å²) >= 11 is 6.12. The number of hydrogen-bond acceptors (Lipinski definition) is 3. The Morgan fingerprint density at radius 2 is 2.25 bits per heavy atom.